The van der Waals surface area contributed by atoms with Gasteiger partial charge in [0.05, 0.1) is 22.6 Å². The molecule has 37 heavy (non-hydrogen) atoms. The van der Waals surface area contributed by atoms with Gasteiger partial charge in [-0.2, -0.15) is 4.98 Å². The van der Waals surface area contributed by atoms with Gasteiger partial charge in [0.1, 0.15) is 24.7 Å². The summed E-state index contributed by atoms with van der Waals surface area (Å²) in [5.41, 5.74) is 13.0. The molecule has 4 aromatic rings. The van der Waals surface area contributed by atoms with Crippen molar-refractivity contribution in [3.8, 4) is 28.3 Å². The lowest BCUT2D eigenvalue weighted by molar-refractivity contribution is 0.146. The van der Waals surface area contributed by atoms with Crippen molar-refractivity contribution in [2.75, 3.05) is 5.73 Å². The number of anilines is 1. The number of rotatable bonds is 8. The molecule has 0 bridgehead atoms. The highest BCUT2D eigenvalue weighted by Crippen LogP contribution is 2.39. The number of nitrogens with zero attached hydrogens (tertiary/aromatic N) is 4. The third-order valence-electron chi connectivity index (χ3n) is 5.08. The number of halogens is 3. The maximum absolute atomic E-state index is 13.6. The number of pyridine rings is 2. The number of carbonyl (C=O) groups is 1. The summed E-state index contributed by atoms with van der Waals surface area (Å²) < 4.78 is 51.4. The first-order valence-corrected chi connectivity index (χ1v) is 10.9. The summed E-state index contributed by atoms with van der Waals surface area (Å²) in [6.45, 7) is 1.36. The fourth-order valence-corrected chi connectivity index (χ4v) is 3.57. The molecule has 0 unspecified atom stereocenters. The zero-order valence-corrected chi connectivity index (χ0v) is 19.5. The second-order valence-electron chi connectivity index (χ2n) is 7.86. The average molecular weight is 510 g/mol. The van der Waals surface area contributed by atoms with Crippen LogP contribution in [0.5, 0.6) is 5.88 Å². The quantitative estimate of drug-likeness (QED) is 0.346. The maximum Gasteiger partial charge on any atom is 0.404 e. The number of primary amides is 1. The minimum Gasteiger partial charge on any atom is -0.471 e. The minimum absolute atomic E-state index is 0.00164. The molecule has 190 valence electrons. The van der Waals surface area contributed by atoms with Crippen molar-refractivity contribution in [2.45, 2.75) is 26.6 Å². The standard InChI is InChI=1S/C25H21F3N6O3/c1-13-9-15(10-19(31-13)22(27)28)20-21(14-5-7-16(26)8-6-14)33-24(29)34-23(20)36-11-17-3-2-4-18(32-17)12-37-25(30)35/h2-10,22H,11-12H2,1H3,(H2,30,35)(H2,29,33,34). The molecule has 3 heterocycles. The highest BCUT2D eigenvalue weighted by atomic mass is 19.3. The Kier molecular flexibility index (Phi) is 7.47. The van der Waals surface area contributed by atoms with Crippen LogP contribution >= 0.6 is 0 Å². The number of nitrogens with two attached hydrogens (primary N) is 2. The molecule has 1 aromatic carbocycles. The van der Waals surface area contributed by atoms with Crippen molar-refractivity contribution < 1.29 is 27.4 Å². The summed E-state index contributed by atoms with van der Waals surface area (Å²) in [4.78, 5) is 27.6. The van der Waals surface area contributed by atoms with Crippen molar-refractivity contribution in [3.05, 3.63) is 83.2 Å². The number of alkyl halides is 2. The normalized spacial score (nSPS) is 10.9. The molecular formula is C25H21F3N6O3. The molecule has 9 nitrogen and oxygen atoms in total. The number of nitrogen functional groups attached to an aromatic ring is 1. The second-order valence-corrected chi connectivity index (χ2v) is 7.86. The van der Waals surface area contributed by atoms with Crippen molar-refractivity contribution in [1.82, 2.24) is 19.9 Å². The molecule has 0 radical (unpaired) electrons. The Morgan fingerprint density at radius 2 is 1.65 bits per heavy atom. The van der Waals surface area contributed by atoms with Crippen molar-refractivity contribution >= 4 is 12.0 Å². The van der Waals surface area contributed by atoms with E-state index in [0.717, 1.165) is 0 Å². The topological polar surface area (TPSA) is 139 Å². The van der Waals surface area contributed by atoms with Gasteiger partial charge in [-0.05, 0) is 61.0 Å². The first-order chi connectivity index (χ1) is 17.7. The fourth-order valence-electron chi connectivity index (χ4n) is 3.57. The number of carbonyl (C=O) groups excluding carboxylic acids is 1. The van der Waals surface area contributed by atoms with Crippen LogP contribution in [0.1, 0.15) is 29.2 Å². The Labute approximate surface area is 209 Å². The summed E-state index contributed by atoms with van der Waals surface area (Å²) >= 11 is 0. The van der Waals surface area contributed by atoms with Crippen LogP contribution < -0.4 is 16.2 Å². The van der Waals surface area contributed by atoms with Crippen LogP contribution in [0.4, 0.5) is 23.9 Å². The lowest BCUT2D eigenvalue weighted by atomic mass is 9.99. The van der Waals surface area contributed by atoms with Gasteiger partial charge in [0.25, 0.3) is 6.43 Å². The Balaban J connectivity index is 1.79. The predicted molar refractivity (Wildman–Crippen MR) is 128 cm³/mol. The van der Waals surface area contributed by atoms with E-state index in [1.807, 2.05) is 0 Å². The van der Waals surface area contributed by atoms with Gasteiger partial charge in [0, 0.05) is 11.3 Å². The highest BCUT2D eigenvalue weighted by molar-refractivity contribution is 5.85. The number of ether oxygens (including phenoxy) is 2. The molecule has 0 aliphatic carbocycles. The molecule has 3 aromatic heterocycles. The van der Waals surface area contributed by atoms with Gasteiger partial charge >= 0.3 is 6.09 Å². The molecule has 4 rings (SSSR count). The van der Waals surface area contributed by atoms with Gasteiger partial charge < -0.3 is 20.9 Å². The molecule has 12 heteroatoms. The van der Waals surface area contributed by atoms with E-state index < -0.39 is 24.0 Å². The fraction of sp³-hybridized carbons (Fsp3) is 0.160. The Morgan fingerprint density at radius 3 is 2.32 bits per heavy atom. The van der Waals surface area contributed by atoms with E-state index in [9.17, 15) is 18.0 Å². The van der Waals surface area contributed by atoms with Crippen LogP contribution in [0.25, 0.3) is 22.4 Å². The molecule has 0 saturated carbocycles. The highest BCUT2D eigenvalue weighted by Gasteiger charge is 2.22. The smallest absolute Gasteiger partial charge is 0.404 e. The van der Waals surface area contributed by atoms with Gasteiger partial charge in [-0.3, -0.25) is 9.97 Å². The van der Waals surface area contributed by atoms with Gasteiger partial charge in [-0.25, -0.2) is 22.9 Å². The van der Waals surface area contributed by atoms with Crippen LogP contribution in [0.15, 0.2) is 54.6 Å². The van der Waals surface area contributed by atoms with Crippen LogP contribution in [0, 0.1) is 12.7 Å². The number of benzene rings is 1. The summed E-state index contributed by atoms with van der Waals surface area (Å²) in [5, 5.41) is 0. The lowest BCUT2D eigenvalue weighted by Gasteiger charge is -2.16. The summed E-state index contributed by atoms with van der Waals surface area (Å²) in [6, 6.07) is 13.2. The van der Waals surface area contributed by atoms with Gasteiger partial charge in [0.15, 0.2) is 0 Å². The third-order valence-corrected chi connectivity index (χ3v) is 5.08. The van der Waals surface area contributed by atoms with E-state index in [2.05, 4.69) is 19.9 Å². The molecular weight excluding hydrogens is 489 g/mol. The van der Waals surface area contributed by atoms with Gasteiger partial charge in [-0.15, -0.1) is 0 Å². The molecule has 1 amide bonds. The SMILES string of the molecule is Cc1cc(-c2c(OCc3cccc(COC(N)=O)n3)nc(N)nc2-c2ccc(F)cc2)cc(C(F)F)n1. The summed E-state index contributed by atoms with van der Waals surface area (Å²) in [5.74, 6) is -0.609. The number of aryl methyl sites for hydroxylation is 1. The number of hydrogen-bond acceptors (Lipinski definition) is 8. The third kappa shape index (κ3) is 6.28. The number of amides is 1. The van der Waals surface area contributed by atoms with Crippen LogP contribution in [-0.4, -0.2) is 26.0 Å². The van der Waals surface area contributed by atoms with Crippen molar-refractivity contribution in [2.24, 2.45) is 5.73 Å². The molecule has 4 N–H and O–H groups in total. The van der Waals surface area contributed by atoms with Crippen LogP contribution in [0.2, 0.25) is 0 Å². The van der Waals surface area contributed by atoms with Crippen molar-refractivity contribution in [3.63, 3.8) is 0 Å². The molecule has 0 aliphatic rings. The first kappa shape index (κ1) is 25.4. The maximum atomic E-state index is 13.6. The summed E-state index contributed by atoms with van der Waals surface area (Å²) in [7, 11) is 0. The molecule has 0 spiro atoms. The molecule has 0 atom stereocenters. The van der Waals surface area contributed by atoms with Gasteiger partial charge in [-0.1, -0.05) is 6.07 Å². The molecule has 0 aliphatic heterocycles. The Morgan fingerprint density at radius 1 is 0.946 bits per heavy atom. The van der Waals surface area contributed by atoms with Crippen LogP contribution in [0.3, 0.4) is 0 Å². The number of aromatic nitrogens is 4. The number of hydrogen-bond donors (Lipinski definition) is 2. The molecule has 0 saturated heterocycles. The Bertz CT molecular complexity index is 1430. The van der Waals surface area contributed by atoms with Crippen molar-refractivity contribution in [1.29, 1.82) is 0 Å². The Hall–Kier alpha value is -4.74. The van der Waals surface area contributed by atoms with E-state index in [-0.39, 0.29) is 36.3 Å². The monoisotopic (exact) mass is 510 g/mol. The molecule has 0 fully saturated rings. The largest absolute Gasteiger partial charge is 0.471 e. The summed E-state index contributed by atoms with van der Waals surface area (Å²) in [6.07, 6.45) is -3.75. The average Bonchev–Trinajstić information content (AvgIpc) is 2.86. The predicted octanol–water partition coefficient (Wildman–Crippen LogP) is 4.74. The van der Waals surface area contributed by atoms with E-state index in [1.165, 1.54) is 30.3 Å². The van der Waals surface area contributed by atoms with E-state index in [4.69, 9.17) is 20.9 Å². The first-order valence-electron chi connectivity index (χ1n) is 10.9. The van der Waals surface area contributed by atoms with E-state index in [1.54, 1.807) is 31.2 Å². The van der Waals surface area contributed by atoms with Crippen LogP contribution in [-0.2, 0) is 18.0 Å². The van der Waals surface area contributed by atoms with E-state index in [0.29, 0.717) is 28.2 Å². The second kappa shape index (κ2) is 10.9. The lowest BCUT2D eigenvalue weighted by Crippen LogP contribution is -2.13. The van der Waals surface area contributed by atoms with Gasteiger partial charge in [0.2, 0.25) is 11.8 Å². The zero-order valence-electron chi connectivity index (χ0n) is 19.5. The minimum atomic E-state index is -2.82. The van der Waals surface area contributed by atoms with E-state index >= 15 is 0 Å². The zero-order chi connectivity index (χ0) is 26.5.